The molecule has 1 unspecified atom stereocenters. The highest BCUT2D eigenvalue weighted by atomic mass is 16.2. The molecule has 3 rings (SSSR count). The minimum absolute atomic E-state index is 0.111. The van der Waals surface area contributed by atoms with Gasteiger partial charge in [-0.15, -0.1) is 0 Å². The Morgan fingerprint density at radius 2 is 2.12 bits per heavy atom. The van der Waals surface area contributed by atoms with E-state index in [4.69, 9.17) is 0 Å². The minimum atomic E-state index is 0.111. The molecular formula is C20H28N4O. The van der Waals surface area contributed by atoms with Crippen LogP contribution in [0, 0.1) is 19.8 Å². The fourth-order valence-corrected chi connectivity index (χ4v) is 3.71. The molecule has 0 aromatic carbocycles. The SMILES string of the molecule is Cc1nn(CC(C)C)c(C)c1CC(=O)N1CCCC1c1ccccn1. The van der Waals surface area contributed by atoms with Crippen molar-refractivity contribution in [2.24, 2.45) is 5.92 Å². The van der Waals surface area contributed by atoms with Gasteiger partial charge >= 0.3 is 0 Å². The topological polar surface area (TPSA) is 51.0 Å². The zero-order chi connectivity index (χ0) is 18.0. The lowest BCUT2D eigenvalue weighted by atomic mass is 10.1. The van der Waals surface area contributed by atoms with Gasteiger partial charge in [-0.2, -0.15) is 5.10 Å². The molecule has 5 nitrogen and oxygen atoms in total. The summed E-state index contributed by atoms with van der Waals surface area (Å²) in [4.78, 5) is 19.5. The molecule has 5 heteroatoms. The van der Waals surface area contributed by atoms with Crippen molar-refractivity contribution in [1.29, 1.82) is 0 Å². The monoisotopic (exact) mass is 340 g/mol. The van der Waals surface area contributed by atoms with Crippen LogP contribution in [0.2, 0.25) is 0 Å². The van der Waals surface area contributed by atoms with Crippen molar-refractivity contribution in [3.63, 3.8) is 0 Å². The van der Waals surface area contributed by atoms with E-state index < -0.39 is 0 Å². The highest BCUT2D eigenvalue weighted by molar-refractivity contribution is 5.80. The zero-order valence-corrected chi connectivity index (χ0v) is 15.7. The third-order valence-electron chi connectivity index (χ3n) is 5.00. The summed E-state index contributed by atoms with van der Waals surface area (Å²) in [7, 11) is 0. The number of likely N-dealkylation sites (tertiary alicyclic amines) is 1. The van der Waals surface area contributed by atoms with Gasteiger partial charge in [-0.3, -0.25) is 14.5 Å². The van der Waals surface area contributed by atoms with Crippen LogP contribution in [0.25, 0.3) is 0 Å². The first-order valence-corrected chi connectivity index (χ1v) is 9.20. The number of aryl methyl sites for hydroxylation is 1. The Labute approximate surface area is 150 Å². The molecule has 1 aliphatic rings. The van der Waals surface area contributed by atoms with Gasteiger partial charge in [-0.1, -0.05) is 19.9 Å². The van der Waals surface area contributed by atoms with Crippen LogP contribution in [0.4, 0.5) is 0 Å². The highest BCUT2D eigenvalue weighted by Crippen LogP contribution is 2.31. The molecule has 1 atom stereocenters. The van der Waals surface area contributed by atoms with Crippen molar-refractivity contribution in [1.82, 2.24) is 19.7 Å². The van der Waals surface area contributed by atoms with Crippen molar-refractivity contribution in [2.45, 2.75) is 59.5 Å². The number of carbonyl (C=O) groups excluding carboxylic acids is 1. The molecule has 2 aromatic heterocycles. The van der Waals surface area contributed by atoms with Gasteiger partial charge in [-0.05, 0) is 44.7 Å². The normalized spacial score (nSPS) is 17.5. The molecule has 0 radical (unpaired) electrons. The smallest absolute Gasteiger partial charge is 0.227 e. The van der Waals surface area contributed by atoms with E-state index in [1.807, 2.05) is 34.7 Å². The fraction of sp³-hybridized carbons (Fsp3) is 0.550. The number of carbonyl (C=O) groups is 1. The standard InChI is InChI=1S/C20H28N4O/c1-14(2)13-24-16(4)17(15(3)22-24)12-20(25)23-11-7-9-19(23)18-8-5-6-10-21-18/h5-6,8,10,14,19H,7,9,11-13H2,1-4H3. The molecule has 1 aliphatic heterocycles. The summed E-state index contributed by atoms with van der Waals surface area (Å²) >= 11 is 0. The lowest BCUT2D eigenvalue weighted by Crippen LogP contribution is -2.32. The van der Waals surface area contributed by atoms with E-state index in [0.717, 1.165) is 48.6 Å². The molecule has 2 aromatic rings. The van der Waals surface area contributed by atoms with Crippen LogP contribution in [0.3, 0.4) is 0 Å². The average molecular weight is 340 g/mol. The van der Waals surface area contributed by atoms with Crippen molar-refractivity contribution in [3.8, 4) is 0 Å². The van der Waals surface area contributed by atoms with Crippen LogP contribution in [-0.4, -0.2) is 32.1 Å². The van der Waals surface area contributed by atoms with E-state index >= 15 is 0 Å². The summed E-state index contributed by atoms with van der Waals surface area (Å²) in [5.74, 6) is 0.720. The van der Waals surface area contributed by atoms with E-state index in [9.17, 15) is 4.79 Å². The Morgan fingerprint density at radius 3 is 2.80 bits per heavy atom. The Kier molecular flexibility index (Phi) is 5.21. The Hall–Kier alpha value is -2.17. The zero-order valence-electron chi connectivity index (χ0n) is 15.7. The highest BCUT2D eigenvalue weighted by Gasteiger charge is 2.31. The van der Waals surface area contributed by atoms with E-state index in [1.165, 1.54) is 0 Å². The minimum Gasteiger partial charge on any atom is -0.334 e. The fourth-order valence-electron chi connectivity index (χ4n) is 3.71. The molecular weight excluding hydrogens is 312 g/mol. The third-order valence-corrected chi connectivity index (χ3v) is 5.00. The molecule has 0 spiro atoms. The van der Waals surface area contributed by atoms with Crippen molar-refractivity contribution in [2.75, 3.05) is 6.54 Å². The summed E-state index contributed by atoms with van der Waals surface area (Å²) in [6.07, 6.45) is 4.27. The molecule has 3 heterocycles. The largest absolute Gasteiger partial charge is 0.334 e. The predicted octanol–water partition coefficient (Wildman–Crippen LogP) is 3.46. The number of aromatic nitrogens is 3. The maximum absolute atomic E-state index is 13.0. The molecule has 1 saturated heterocycles. The summed E-state index contributed by atoms with van der Waals surface area (Å²) in [5, 5.41) is 4.64. The van der Waals surface area contributed by atoms with Crippen LogP contribution in [-0.2, 0) is 17.8 Å². The van der Waals surface area contributed by atoms with Gasteiger partial charge in [0.2, 0.25) is 5.91 Å². The maximum Gasteiger partial charge on any atom is 0.227 e. The molecule has 0 bridgehead atoms. The second-order valence-corrected chi connectivity index (χ2v) is 7.40. The number of rotatable bonds is 5. The van der Waals surface area contributed by atoms with Crippen LogP contribution < -0.4 is 0 Å². The first-order chi connectivity index (χ1) is 12.0. The summed E-state index contributed by atoms with van der Waals surface area (Å²) < 4.78 is 2.04. The van der Waals surface area contributed by atoms with Gasteiger partial charge in [0.1, 0.15) is 0 Å². The van der Waals surface area contributed by atoms with Crippen molar-refractivity contribution >= 4 is 5.91 Å². The van der Waals surface area contributed by atoms with Crippen LogP contribution in [0.15, 0.2) is 24.4 Å². The predicted molar refractivity (Wildman–Crippen MR) is 98.2 cm³/mol. The Morgan fingerprint density at radius 1 is 1.32 bits per heavy atom. The summed E-state index contributed by atoms with van der Waals surface area (Å²) in [5.41, 5.74) is 4.17. The van der Waals surface area contributed by atoms with Crippen LogP contribution in [0.5, 0.6) is 0 Å². The van der Waals surface area contributed by atoms with Crippen molar-refractivity contribution < 1.29 is 4.79 Å². The Bertz CT molecular complexity index is 736. The van der Waals surface area contributed by atoms with Gasteiger partial charge in [0.25, 0.3) is 0 Å². The molecule has 25 heavy (non-hydrogen) atoms. The summed E-state index contributed by atoms with van der Waals surface area (Å²) in [6.45, 7) is 10.2. The number of hydrogen-bond acceptors (Lipinski definition) is 3. The van der Waals surface area contributed by atoms with Gasteiger partial charge in [0.15, 0.2) is 0 Å². The first-order valence-electron chi connectivity index (χ1n) is 9.20. The number of nitrogens with zero attached hydrogens (tertiary/aromatic N) is 4. The molecule has 0 saturated carbocycles. The quantitative estimate of drug-likeness (QED) is 0.837. The molecule has 0 N–H and O–H groups in total. The third kappa shape index (κ3) is 3.75. The maximum atomic E-state index is 13.0. The van der Waals surface area contributed by atoms with E-state index in [1.54, 1.807) is 6.20 Å². The Balaban J connectivity index is 1.77. The lowest BCUT2D eigenvalue weighted by Gasteiger charge is -2.24. The van der Waals surface area contributed by atoms with E-state index in [-0.39, 0.29) is 11.9 Å². The van der Waals surface area contributed by atoms with E-state index in [2.05, 4.69) is 30.9 Å². The van der Waals surface area contributed by atoms with Crippen LogP contribution in [0.1, 0.15) is 55.4 Å². The molecule has 0 aliphatic carbocycles. The van der Waals surface area contributed by atoms with E-state index in [0.29, 0.717) is 12.3 Å². The van der Waals surface area contributed by atoms with Gasteiger partial charge in [0.05, 0.1) is 23.9 Å². The molecule has 1 amide bonds. The molecule has 134 valence electrons. The van der Waals surface area contributed by atoms with Gasteiger partial charge in [-0.25, -0.2) is 0 Å². The van der Waals surface area contributed by atoms with Crippen molar-refractivity contribution in [3.05, 3.63) is 47.0 Å². The first kappa shape index (κ1) is 17.6. The van der Waals surface area contributed by atoms with Crippen LogP contribution >= 0.6 is 0 Å². The number of amides is 1. The lowest BCUT2D eigenvalue weighted by molar-refractivity contribution is -0.131. The second-order valence-electron chi connectivity index (χ2n) is 7.40. The average Bonchev–Trinajstić information content (AvgIpc) is 3.16. The van der Waals surface area contributed by atoms with Gasteiger partial charge in [0, 0.05) is 30.5 Å². The van der Waals surface area contributed by atoms with Gasteiger partial charge < -0.3 is 4.90 Å². The number of hydrogen-bond donors (Lipinski definition) is 0. The summed E-state index contributed by atoms with van der Waals surface area (Å²) in [6, 6.07) is 6.04. The second kappa shape index (κ2) is 7.38. The molecule has 1 fully saturated rings. The number of pyridine rings is 1.